The van der Waals surface area contributed by atoms with Crippen LogP contribution in [-0.2, 0) is 7.05 Å². The molecular weight excluding hydrogens is 468 g/mol. The van der Waals surface area contributed by atoms with Crippen LogP contribution >= 0.6 is 0 Å². The van der Waals surface area contributed by atoms with Gasteiger partial charge >= 0.3 is 0 Å². The van der Waals surface area contributed by atoms with Crippen LogP contribution < -0.4 is 26.8 Å². The quantitative estimate of drug-likeness (QED) is 0.207. The van der Waals surface area contributed by atoms with Crippen molar-refractivity contribution in [2.75, 3.05) is 30.0 Å². The van der Waals surface area contributed by atoms with Crippen molar-refractivity contribution < 1.29 is 9.53 Å². The van der Waals surface area contributed by atoms with Crippen molar-refractivity contribution in [1.82, 2.24) is 14.5 Å². The fourth-order valence-corrected chi connectivity index (χ4v) is 4.32. The zero-order valence-electron chi connectivity index (χ0n) is 21.2. The lowest BCUT2D eigenvalue weighted by Crippen LogP contribution is -2.25. The average Bonchev–Trinajstić information content (AvgIpc) is 3.25. The van der Waals surface area contributed by atoms with E-state index in [0.29, 0.717) is 40.6 Å². The molecule has 0 aliphatic rings. The summed E-state index contributed by atoms with van der Waals surface area (Å²) in [5, 5.41) is 16.1. The van der Waals surface area contributed by atoms with Crippen molar-refractivity contribution in [3.63, 3.8) is 0 Å². The molecule has 0 aliphatic carbocycles. The lowest BCUT2D eigenvalue weighted by Gasteiger charge is -2.20. The van der Waals surface area contributed by atoms with Crippen LogP contribution in [0, 0.1) is 5.41 Å². The highest BCUT2D eigenvalue weighted by Crippen LogP contribution is 2.30. The van der Waals surface area contributed by atoms with E-state index in [9.17, 15) is 4.79 Å². The largest absolute Gasteiger partial charge is 0.495 e. The Balaban J connectivity index is 1.62. The Kier molecular flexibility index (Phi) is 7.69. The Morgan fingerprint density at radius 3 is 2.68 bits per heavy atom. The van der Waals surface area contributed by atoms with Crippen LogP contribution in [0.3, 0.4) is 0 Å². The monoisotopic (exact) mass is 500 g/mol. The third kappa shape index (κ3) is 5.24. The molecule has 0 saturated carbocycles. The molecule has 10 nitrogen and oxygen atoms in total. The van der Waals surface area contributed by atoms with Crippen LogP contribution in [0.4, 0.5) is 17.3 Å². The van der Waals surface area contributed by atoms with E-state index in [0.717, 1.165) is 23.7 Å². The van der Waals surface area contributed by atoms with Gasteiger partial charge in [-0.2, -0.15) is 0 Å². The van der Waals surface area contributed by atoms with Gasteiger partial charge in [-0.3, -0.25) is 10.2 Å². The van der Waals surface area contributed by atoms with Gasteiger partial charge in [-0.1, -0.05) is 31.2 Å². The van der Waals surface area contributed by atoms with Crippen LogP contribution in [0.1, 0.15) is 41.4 Å². The van der Waals surface area contributed by atoms with Gasteiger partial charge in [0.25, 0.3) is 5.91 Å². The number of para-hydroxylation sites is 1. The second-order valence-corrected chi connectivity index (χ2v) is 8.70. The van der Waals surface area contributed by atoms with Gasteiger partial charge in [-0.05, 0) is 43.7 Å². The molecule has 192 valence electrons. The van der Waals surface area contributed by atoms with E-state index in [1.165, 1.54) is 13.4 Å². The van der Waals surface area contributed by atoms with Crippen molar-refractivity contribution in [3.8, 4) is 5.75 Å². The number of hydrogen-bond donors (Lipinski definition) is 5. The maximum absolute atomic E-state index is 13.1. The first-order valence-electron chi connectivity index (χ1n) is 12.1. The maximum atomic E-state index is 13.1. The number of aromatic nitrogens is 3. The molecule has 2 aromatic carbocycles. The number of nitrogens with zero attached hydrogens (tertiary/aromatic N) is 3. The highest BCUT2D eigenvalue weighted by Gasteiger charge is 2.21. The van der Waals surface area contributed by atoms with E-state index < -0.39 is 0 Å². The normalized spacial score (nSPS) is 11.8. The predicted molar refractivity (Wildman–Crippen MR) is 148 cm³/mol. The topological polar surface area (TPSA) is 157 Å². The number of rotatable bonds is 10. The molecule has 0 aliphatic heterocycles. The number of ether oxygens (including phenoxy) is 1. The minimum atomic E-state index is -0.266. The highest BCUT2D eigenvalue weighted by molar-refractivity contribution is 6.16. The van der Waals surface area contributed by atoms with Gasteiger partial charge < -0.3 is 31.4 Å². The summed E-state index contributed by atoms with van der Waals surface area (Å²) in [5.74, 6) is 0.813. The van der Waals surface area contributed by atoms with Crippen molar-refractivity contribution >= 4 is 39.8 Å². The summed E-state index contributed by atoms with van der Waals surface area (Å²) in [6.45, 7) is 2.58. The van der Waals surface area contributed by atoms with Gasteiger partial charge in [0.2, 0.25) is 0 Å². The fraction of sp³-hybridized carbons (Fsp3) is 0.259. The van der Waals surface area contributed by atoms with Crippen molar-refractivity contribution in [2.45, 2.75) is 25.8 Å². The Morgan fingerprint density at radius 2 is 1.97 bits per heavy atom. The molecule has 1 unspecified atom stereocenters. The number of methoxy groups -OCH3 is 1. The molecule has 0 fully saturated rings. The Labute approximate surface area is 215 Å². The molecule has 10 heteroatoms. The van der Waals surface area contributed by atoms with Gasteiger partial charge in [-0.25, -0.2) is 9.97 Å². The molecule has 0 bridgehead atoms. The first-order valence-corrected chi connectivity index (χ1v) is 12.1. The summed E-state index contributed by atoms with van der Waals surface area (Å²) in [4.78, 5) is 21.5. The van der Waals surface area contributed by atoms with Gasteiger partial charge in [0, 0.05) is 29.6 Å². The van der Waals surface area contributed by atoms with Gasteiger partial charge in [0.05, 0.1) is 24.1 Å². The SMILES string of the molecule is CCC(CCN)Nc1ncnc(N)c1C(=N)c1ccc(NC(=O)c2cc3ccccc3n2C)c(OC)c1. The summed E-state index contributed by atoms with van der Waals surface area (Å²) in [6, 6.07) is 14.9. The van der Waals surface area contributed by atoms with E-state index in [1.807, 2.05) is 41.9 Å². The Morgan fingerprint density at radius 1 is 1.19 bits per heavy atom. The van der Waals surface area contributed by atoms with Gasteiger partial charge in [0.15, 0.2) is 0 Å². The van der Waals surface area contributed by atoms with Crippen molar-refractivity contribution in [2.24, 2.45) is 12.8 Å². The minimum Gasteiger partial charge on any atom is -0.495 e. The van der Waals surface area contributed by atoms with Crippen LogP contribution in [0.5, 0.6) is 5.75 Å². The molecule has 37 heavy (non-hydrogen) atoms. The average molecular weight is 501 g/mol. The van der Waals surface area contributed by atoms with Gasteiger partial charge in [-0.15, -0.1) is 0 Å². The lowest BCUT2D eigenvalue weighted by atomic mass is 10.0. The molecule has 7 N–H and O–H groups in total. The number of anilines is 3. The first kappa shape index (κ1) is 25.6. The van der Waals surface area contributed by atoms with E-state index in [1.54, 1.807) is 18.2 Å². The Hall–Kier alpha value is -4.44. The second kappa shape index (κ2) is 11.1. The molecule has 1 atom stereocenters. The number of carbonyl (C=O) groups is 1. The molecule has 0 saturated heterocycles. The zero-order chi connectivity index (χ0) is 26.5. The minimum absolute atomic E-state index is 0.0899. The zero-order valence-corrected chi connectivity index (χ0v) is 21.2. The van der Waals surface area contributed by atoms with E-state index in [2.05, 4.69) is 27.5 Å². The summed E-state index contributed by atoms with van der Waals surface area (Å²) >= 11 is 0. The van der Waals surface area contributed by atoms with Crippen molar-refractivity contribution in [3.05, 3.63) is 71.7 Å². The molecule has 4 rings (SSSR count). The number of carbonyl (C=O) groups excluding carboxylic acids is 1. The number of benzene rings is 2. The molecule has 2 heterocycles. The lowest BCUT2D eigenvalue weighted by molar-refractivity contribution is 0.101. The van der Waals surface area contributed by atoms with Crippen LogP contribution in [-0.4, -0.2) is 45.9 Å². The van der Waals surface area contributed by atoms with E-state index in [4.69, 9.17) is 21.6 Å². The first-order chi connectivity index (χ1) is 17.9. The standard InChI is InChI=1S/C27H32N8O2/c1-4-18(11-12-28)33-26-23(25(30)31-15-32-26)24(29)17-9-10-19(22(14-17)37-3)34-27(36)21-13-16-7-5-6-8-20(16)35(21)2/h5-10,13-15,18,29H,4,11-12,28H2,1-3H3,(H,34,36)(H3,30,31,32,33). The third-order valence-corrected chi connectivity index (χ3v) is 6.40. The third-order valence-electron chi connectivity index (χ3n) is 6.40. The number of amides is 1. The smallest absolute Gasteiger partial charge is 0.272 e. The van der Waals surface area contributed by atoms with E-state index in [-0.39, 0.29) is 23.5 Å². The molecule has 0 spiro atoms. The number of fused-ring (bicyclic) bond motifs is 1. The summed E-state index contributed by atoms with van der Waals surface area (Å²) < 4.78 is 7.41. The molecular formula is C27H32N8O2. The Bertz CT molecular complexity index is 1450. The van der Waals surface area contributed by atoms with Crippen molar-refractivity contribution in [1.29, 1.82) is 5.41 Å². The summed E-state index contributed by atoms with van der Waals surface area (Å²) in [5.41, 5.74) is 15.0. The number of nitrogens with one attached hydrogen (secondary N) is 3. The number of hydrogen-bond acceptors (Lipinski definition) is 8. The summed E-state index contributed by atoms with van der Waals surface area (Å²) in [6.07, 6.45) is 2.97. The number of nitrogen functional groups attached to an aromatic ring is 1. The van der Waals surface area contributed by atoms with E-state index >= 15 is 0 Å². The molecule has 4 aromatic rings. The second-order valence-electron chi connectivity index (χ2n) is 8.70. The van der Waals surface area contributed by atoms with Crippen LogP contribution in [0.2, 0.25) is 0 Å². The van der Waals surface area contributed by atoms with Gasteiger partial charge in [0.1, 0.15) is 29.4 Å². The van der Waals surface area contributed by atoms with Crippen LogP contribution in [0.25, 0.3) is 10.9 Å². The number of nitrogens with two attached hydrogens (primary N) is 2. The maximum Gasteiger partial charge on any atom is 0.272 e. The fourth-order valence-electron chi connectivity index (χ4n) is 4.32. The summed E-state index contributed by atoms with van der Waals surface area (Å²) in [7, 11) is 3.37. The predicted octanol–water partition coefficient (Wildman–Crippen LogP) is 3.77. The molecule has 0 radical (unpaired) electrons. The molecule has 2 aromatic heterocycles. The highest BCUT2D eigenvalue weighted by atomic mass is 16.5. The van der Waals surface area contributed by atoms with Crippen LogP contribution in [0.15, 0.2) is 54.9 Å². The number of aryl methyl sites for hydroxylation is 1. The molecule has 1 amide bonds.